The molecule has 0 aliphatic rings. The average Bonchev–Trinajstić information content (AvgIpc) is 2.75. The zero-order valence-corrected chi connectivity index (χ0v) is 19.3. The summed E-state index contributed by atoms with van der Waals surface area (Å²) < 4.78 is 35.2. The summed E-state index contributed by atoms with van der Waals surface area (Å²) in [6.07, 6.45) is 2.42. The number of carbonyl (C=O) groups excluding carboxylic acids is 2. The van der Waals surface area contributed by atoms with Gasteiger partial charge in [-0.05, 0) is 41.3 Å². The van der Waals surface area contributed by atoms with Crippen molar-refractivity contribution in [3.8, 4) is 5.75 Å². The van der Waals surface area contributed by atoms with Crippen LogP contribution in [0.2, 0.25) is 0 Å². The molecule has 0 aromatic heterocycles. The first-order chi connectivity index (χ1) is 15.1. The second-order valence-electron chi connectivity index (χ2n) is 7.25. The van der Waals surface area contributed by atoms with Gasteiger partial charge in [0.2, 0.25) is 10.0 Å². The van der Waals surface area contributed by atoms with Gasteiger partial charge in [0, 0.05) is 0 Å². The van der Waals surface area contributed by atoms with Gasteiger partial charge in [0.1, 0.15) is 12.3 Å². The summed E-state index contributed by atoms with van der Waals surface area (Å²) in [4.78, 5) is 23.5. The van der Waals surface area contributed by atoms with E-state index in [9.17, 15) is 18.0 Å². The van der Waals surface area contributed by atoms with Crippen LogP contribution in [0.3, 0.4) is 0 Å². The second kappa shape index (κ2) is 11.3. The van der Waals surface area contributed by atoms with Crippen molar-refractivity contribution in [2.45, 2.75) is 19.8 Å². The van der Waals surface area contributed by atoms with E-state index in [4.69, 9.17) is 4.74 Å². The van der Waals surface area contributed by atoms with E-state index in [0.717, 1.165) is 16.1 Å². The largest absolute Gasteiger partial charge is 0.482 e. The van der Waals surface area contributed by atoms with Crippen molar-refractivity contribution in [2.24, 2.45) is 5.10 Å². The zero-order valence-electron chi connectivity index (χ0n) is 18.4. The third-order valence-electron chi connectivity index (χ3n) is 4.38. The van der Waals surface area contributed by atoms with E-state index in [1.807, 2.05) is 26.0 Å². The number of benzene rings is 2. The van der Waals surface area contributed by atoms with Gasteiger partial charge >= 0.3 is 5.97 Å². The van der Waals surface area contributed by atoms with Gasteiger partial charge in [-0.15, -0.1) is 0 Å². The maximum atomic E-state index is 12.3. The minimum Gasteiger partial charge on any atom is -0.482 e. The molecule has 0 heterocycles. The number of carbonyl (C=O) groups is 2. The molecular weight excluding hydrogens is 434 g/mol. The van der Waals surface area contributed by atoms with Crippen molar-refractivity contribution in [1.29, 1.82) is 0 Å². The predicted octanol–water partition coefficient (Wildman–Crippen LogP) is 2.28. The minimum atomic E-state index is -3.68. The van der Waals surface area contributed by atoms with E-state index < -0.39 is 28.4 Å². The molecule has 2 aromatic carbocycles. The number of sulfonamides is 1. The third-order valence-corrected chi connectivity index (χ3v) is 5.52. The summed E-state index contributed by atoms with van der Waals surface area (Å²) in [7, 11) is -2.41. The first-order valence-electron chi connectivity index (χ1n) is 9.79. The molecule has 1 N–H and O–H groups in total. The van der Waals surface area contributed by atoms with Gasteiger partial charge in [-0.1, -0.05) is 38.1 Å². The molecule has 2 rings (SSSR count). The fourth-order valence-electron chi connectivity index (χ4n) is 2.66. The molecule has 1 amide bonds. The number of nitrogens with zero attached hydrogens (tertiary/aromatic N) is 2. The molecule has 10 heteroatoms. The number of nitrogens with one attached hydrogen (secondary N) is 1. The van der Waals surface area contributed by atoms with Crippen molar-refractivity contribution >= 4 is 33.8 Å². The molecule has 2 aromatic rings. The van der Waals surface area contributed by atoms with Gasteiger partial charge < -0.3 is 9.47 Å². The lowest BCUT2D eigenvalue weighted by molar-refractivity contribution is -0.142. The van der Waals surface area contributed by atoms with Crippen LogP contribution in [0.1, 0.15) is 30.9 Å². The Morgan fingerprint density at radius 2 is 1.84 bits per heavy atom. The van der Waals surface area contributed by atoms with E-state index >= 15 is 0 Å². The smallest absolute Gasteiger partial charge is 0.343 e. The summed E-state index contributed by atoms with van der Waals surface area (Å²) >= 11 is 0. The van der Waals surface area contributed by atoms with Crippen LogP contribution in [0.25, 0.3) is 0 Å². The van der Waals surface area contributed by atoms with Crippen LogP contribution >= 0.6 is 0 Å². The highest BCUT2D eigenvalue weighted by Gasteiger charge is 2.20. The van der Waals surface area contributed by atoms with Crippen LogP contribution in [0, 0.1) is 0 Å². The van der Waals surface area contributed by atoms with Gasteiger partial charge in [0.25, 0.3) is 5.91 Å². The summed E-state index contributed by atoms with van der Waals surface area (Å²) in [5.41, 5.74) is 4.39. The number of amides is 1. The number of methoxy groups -OCH3 is 1. The highest BCUT2D eigenvalue weighted by atomic mass is 32.2. The fraction of sp³-hybridized carbons (Fsp3) is 0.318. The molecule has 0 unspecified atom stereocenters. The minimum absolute atomic E-state index is 0.229. The van der Waals surface area contributed by atoms with Crippen LogP contribution < -0.4 is 14.5 Å². The summed E-state index contributed by atoms with van der Waals surface area (Å²) in [5, 5.41) is 3.87. The lowest BCUT2D eigenvalue weighted by Crippen LogP contribution is -2.39. The Bertz CT molecular complexity index is 1070. The lowest BCUT2D eigenvalue weighted by atomic mass is 10.0. The average molecular weight is 462 g/mol. The monoisotopic (exact) mass is 461 g/mol. The Hall–Kier alpha value is -3.40. The molecule has 0 saturated heterocycles. The van der Waals surface area contributed by atoms with E-state index in [1.54, 1.807) is 36.4 Å². The van der Waals surface area contributed by atoms with Gasteiger partial charge in [0.05, 0.1) is 25.3 Å². The van der Waals surface area contributed by atoms with Gasteiger partial charge in [-0.2, -0.15) is 5.10 Å². The van der Waals surface area contributed by atoms with Crippen LogP contribution in [0.5, 0.6) is 5.75 Å². The Labute approximate surface area is 188 Å². The molecule has 0 bridgehead atoms. The Kier molecular flexibility index (Phi) is 8.77. The Morgan fingerprint density at radius 3 is 2.44 bits per heavy atom. The normalized spacial score (nSPS) is 11.4. The molecule has 0 fully saturated rings. The number of hydrogen-bond donors (Lipinski definition) is 1. The summed E-state index contributed by atoms with van der Waals surface area (Å²) in [6, 6.07) is 13.7. The molecule has 0 atom stereocenters. The summed E-state index contributed by atoms with van der Waals surface area (Å²) in [6.45, 7) is 3.43. The van der Waals surface area contributed by atoms with E-state index in [1.165, 1.54) is 13.3 Å². The third kappa shape index (κ3) is 7.69. The standard InChI is InChI=1S/C22H27N3O6S/c1-16(2)18-8-10-19(11-9-18)25(32(4,28)29)14-21(26)24-23-13-17-6-5-7-20(12-17)31-15-22(27)30-3/h5-13,16H,14-15H2,1-4H3,(H,24,26)/b23-13-. The van der Waals surface area contributed by atoms with Crippen LogP contribution in [-0.2, 0) is 24.3 Å². The first-order valence-corrected chi connectivity index (χ1v) is 11.6. The Balaban J connectivity index is 2.01. The molecule has 9 nitrogen and oxygen atoms in total. The van der Waals surface area contributed by atoms with Crippen molar-refractivity contribution < 1.29 is 27.5 Å². The fourth-order valence-corrected chi connectivity index (χ4v) is 3.51. The molecular formula is C22H27N3O6S. The van der Waals surface area contributed by atoms with Crippen LogP contribution in [-0.4, -0.2) is 53.0 Å². The molecule has 0 aliphatic carbocycles. The molecule has 0 radical (unpaired) electrons. The van der Waals surface area contributed by atoms with E-state index in [0.29, 0.717) is 22.9 Å². The number of anilines is 1. The van der Waals surface area contributed by atoms with E-state index in [2.05, 4.69) is 15.3 Å². The van der Waals surface area contributed by atoms with Crippen molar-refractivity contribution in [3.05, 3.63) is 59.7 Å². The van der Waals surface area contributed by atoms with E-state index in [-0.39, 0.29) is 6.61 Å². The quantitative estimate of drug-likeness (QED) is 0.330. The molecule has 0 saturated carbocycles. The number of hydrogen-bond acceptors (Lipinski definition) is 7. The number of rotatable bonds is 10. The number of ether oxygens (including phenoxy) is 2. The maximum Gasteiger partial charge on any atom is 0.343 e. The molecule has 172 valence electrons. The van der Waals surface area contributed by atoms with Gasteiger partial charge in [-0.3, -0.25) is 9.10 Å². The van der Waals surface area contributed by atoms with Gasteiger partial charge in [-0.25, -0.2) is 18.6 Å². The van der Waals surface area contributed by atoms with Crippen molar-refractivity contribution in [2.75, 3.05) is 30.8 Å². The summed E-state index contributed by atoms with van der Waals surface area (Å²) in [5.74, 6) is -0.375. The Morgan fingerprint density at radius 1 is 1.16 bits per heavy atom. The highest BCUT2D eigenvalue weighted by molar-refractivity contribution is 7.92. The predicted molar refractivity (Wildman–Crippen MR) is 122 cm³/mol. The van der Waals surface area contributed by atoms with Crippen LogP contribution in [0.4, 0.5) is 5.69 Å². The van der Waals surface area contributed by atoms with Crippen LogP contribution in [0.15, 0.2) is 53.6 Å². The number of hydrazone groups is 1. The zero-order chi connectivity index (χ0) is 23.7. The molecule has 32 heavy (non-hydrogen) atoms. The second-order valence-corrected chi connectivity index (χ2v) is 9.15. The highest BCUT2D eigenvalue weighted by Crippen LogP contribution is 2.21. The topological polar surface area (TPSA) is 114 Å². The number of esters is 1. The SMILES string of the molecule is COC(=O)COc1cccc(/C=N\NC(=O)CN(c2ccc(C(C)C)cc2)S(C)(=O)=O)c1. The maximum absolute atomic E-state index is 12.3. The molecule has 0 spiro atoms. The van der Waals surface area contributed by atoms with Gasteiger partial charge in [0.15, 0.2) is 6.61 Å². The van der Waals surface area contributed by atoms with Crippen molar-refractivity contribution in [3.63, 3.8) is 0 Å². The first kappa shape index (κ1) is 24.9. The molecule has 0 aliphatic heterocycles. The van der Waals surface area contributed by atoms with Crippen molar-refractivity contribution in [1.82, 2.24) is 5.43 Å². The lowest BCUT2D eigenvalue weighted by Gasteiger charge is -2.21.